The molecule has 0 amide bonds. The van der Waals surface area contributed by atoms with E-state index in [1.807, 2.05) is 30.3 Å². The molecule has 2 aromatic rings. The van der Waals surface area contributed by atoms with Gasteiger partial charge in [-0.3, -0.25) is 4.98 Å². The zero-order chi connectivity index (χ0) is 17.7. The van der Waals surface area contributed by atoms with Crippen LogP contribution in [0.25, 0.3) is 0 Å². The number of hydrogen-bond donors (Lipinski definition) is 1. The zero-order valence-electron chi connectivity index (χ0n) is 15.0. The molecular formula is C20H28ClNO. The molecule has 0 unspecified atom stereocenters. The molecule has 0 aliphatic heterocycles. The van der Waals surface area contributed by atoms with Crippen LogP contribution in [0, 0.1) is 0 Å². The van der Waals surface area contributed by atoms with Crippen LogP contribution in [0.4, 0.5) is 0 Å². The maximum Gasteiger partial charge on any atom is 0.123 e. The highest BCUT2D eigenvalue weighted by Gasteiger charge is 2.26. The molecule has 3 heteroatoms. The van der Waals surface area contributed by atoms with E-state index in [2.05, 4.69) is 46.5 Å². The minimum atomic E-state index is -0.0772. The Labute approximate surface area is 145 Å². The molecule has 0 spiro atoms. The van der Waals surface area contributed by atoms with Crippen LogP contribution in [0.15, 0.2) is 42.7 Å². The fraction of sp³-hybridized carbons (Fsp3) is 0.450. The number of halogens is 1. The van der Waals surface area contributed by atoms with Gasteiger partial charge in [-0.1, -0.05) is 59.7 Å². The van der Waals surface area contributed by atoms with Crippen molar-refractivity contribution in [3.05, 3.63) is 59.4 Å². The first-order valence-corrected chi connectivity index (χ1v) is 8.38. The summed E-state index contributed by atoms with van der Waals surface area (Å²) in [5.74, 6) is 0.894. The molecule has 0 fully saturated rings. The molecule has 0 atom stereocenters. The molecule has 23 heavy (non-hydrogen) atoms. The summed E-state index contributed by atoms with van der Waals surface area (Å²) in [6.45, 7) is 12.6. The summed E-state index contributed by atoms with van der Waals surface area (Å²) >= 11 is 5.94. The Morgan fingerprint density at radius 3 is 1.52 bits per heavy atom. The molecule has 0 saturated carbocycles. The highest BCUT2D eigenvalue weighted by molar-refractivity contribution is 6.17. The summed E-state index contributed by atoms with van der Waals surface area (Å²) in [5.41, 5.74) is 2.86. The van der Waals surface area contributed by atoms with Crippen molar-refractivity contribution in [2.24, 2.45) is 0 Å². The largest absolute Gasteiger partial charge is 0.507 e. The Kier molecular flexibility index (Phi) is 6.64. The number of rotatable bonds is 1. The number of hydrogen-bond acceptors (Lipinski definition) is 2. The van der Waals surface area contributed by atoms with Crippen molar-refractivity contribution in [3.8, 4) is 5.75 Å². The monoisotopic (exact) mass is 333 g/mol. The lowest BCUT2D eigenvalue weighted by Crippen LogP contribution is -2.17. The number of phenolic OH excluding ortho intramolecular Hbond substituents is 1. The van der Waals surface area contributed by atoms with E-state index in [4.69, 9.17) is 11.6 Å². The maximum atomic E-state index is 10.4. The Hall–Kier alpha value is -1.54. The first kappa shape index (κ1) is 19.5. The lowest BCUT2D eigenvalue weighted by Gasteiger charge is -2.28. The van der Waals surface area contributed by atoms with Gasteiger partial charge in [-0.2, -0.15) is 0 Å². The molecule has 126 valence electrons. The molecule has 0 radical (unpaired) electrons. The van der Waals surface area contributed by atoms with Crippen molar-refractivity contribution in [2.45, 2.75) is 58.3 Å². The van der Waals surface area contributed by atoms with Gasteiger partial charge in [0.15, 0.2) is 0 Å². The molecule has 0 bridgehead atoms. The number of alkyl halides is 1. The summed E-state index contributed by atoms with van der Waals surface area (Å²) in [7, 11) is 0. The predicted molar refractivity (Wildman–Crippen MR) is 99.3 cm³/mol. The van der Waals surface area contributed by atoms with Gasteiger partial charge in [-0.05, 0) is 39.7 Å². The zero-order valence-corrected chi connectivity index (χ0v) is 15.8. The molecule has 1 aromatic heterocycles. The van der Waals surface area contributed by atoms with Gasteiger partial charge in [-0.25, -0.2) is 0 Å². The van der Waals surface area contributed by atoms with Crippen LogP contribution in [0.5, 0.6) is 5.75 Å². The van der Waals surface area contributed by atoms with Crippen LogP contribution in [0.3, 0.4) is 0 Å². The van der Waals surface area contributed by atoms with Gasteiger partial charge in [0, 0.05) is 18.3 Å². The molecule has 2 rings (SSSR count). The standard InChI is InChI=1S/C15H23ClO.C5H5N/c1-14(2,3)11-7-10(9-16)8-12(13(11)17)15(4,5)6;1-2-4-6-5-3-1/h7-8,17H,9H2,1-6H3;1-5H. The van der Waals surface area contributed by atoms with Crippen LogP contribution >= 0.6 is 11.6 Å². The average molecular weight is 334 g/mol. The fourth-order valence-electron chi connectivity index (χ4n) is 2.23. The lowest BCUT2D eigenvalue weighted by atomic mass is 9.78. The van der Waals surface area contributed by atoms with E-state index >= 15 is 0 Å². The Balaban J connectivity index is 0.000000366. The first-order valence-electron chi connectivity index (χ1n) is 7.85. The van der Waals surface area contributed by atoms with Crippen molar-refractivity contribution in [2.75, 3.05) is 0 Å². The minimum absolute atomic E-state index is 0.0772. The first-order chi connectivity index (χ1) is 10.6. The van der Waals surface area contributed by atoms with Crippen LogP contribution in [-0.2, 0) is 16.7 Å². The summed E-state index contributed by atoms with van der Waals surface area (Å²) in [6.07, 6.45) is 3.50. The predicted octanol–water partition coefficient (Wildman–Crippen LogP) is 5.81. The lowest BCUT2D eigenvalue weighted by molar-refractivity contribution is 0.423. The summed E-state index contributed by atoms with van der Waals surface area (Å²) < 4.78 is 0. The Morgan fingerprint density at radius 1 is 0.870 bits per heavy atom. The number of pyridine rings is 1. The van der Waals surface area contributed by atoms with Gasteiger partial charge in [-0.15, -0.1) is 11.6 Å². The van der Waals surface area contributed by atoms with Gasteiger partial charge >= 0.3 is 0 Å². The second-order valence-electron chi connectivity index (χ2n) is 7.70. The second kappa shape index (κ2) is 7.83. The molecule has 2 nitrogen and oxygen atoms in total. The molecule has 1 N–H and O–H groups in total. The van der Waals surface area contributed by atoms with Gasteiger partial charge in [0.1, 0.15) is 5.75 Å². The smallest absolute Gasteiger partial charge is 0.123 e. The van der Waals surface area contributed by atoms with E-state index in [0.717, 1.165) is 16.7 Å². The molecular weight excluding hydrogens is 306 g/mol. The molecule has 0 saturated heterocycles. The average Bonchev–Trinajstić information content (AvgIpc) is 2.47. The highest BCUT2D eigenvalue weighted by atomic mass is 35.5. The van der Waals surface area contributed by atoms with E-state index < -0.39 is 0 Å². The minimum Gasteiger partial charge on any atom is -0.507 e. The Bertz CT molecular complexity index is 548. The number of nitrogens with zero attached hydrogens (tertiary/aromatic N) is 1. The topological polar surface area (TPSA) is 33.1 Å². The van der Waals surface area contributed by atoms with Crippen molar-refractivity contribution >= 4 is 11.6 Å². The second-order valence-corrected chi connectivity index (χ2v) is 7.97. The normalized spacial score (nSPS) is 11.6. The maximum absolute atomic E-state index is 10.4. The fourth-order valence-corrected chi connectivity index (χ4v) is 2.38. The van der Waals surface area contributed by atoms with Crippen LogP contribution < -0.4 is 0 Å². The third-order valence-corrected chi connectivity index (χ3v) is 3.82. The van der Waals surface area contributed by atoms with Gasteiger partial charge in [0.05, 0.1) is 0 Å². The number of phenols is 1. The Morgan fingerprint density at radius 2 is 1.30 bits per heavy atom. The molecule has 1 heterocycles. The SMILES string of the molecule is CC(C)(C)c1cc(CCl)cc(C(C)(C)C)c1O.c1ccncc1. The van der Waals surface area contributed by atoms with Crippen LogP contribution in [0.2, 0.25) is 0 Å². The van der Waals surface area contributed by atoms with E-state index in [-0.39, 0.29) is 10.8 Å². The van der Waals surface area contributed by atoms with E-state index in [9.17, 15) is 5.11 Å². The van der Waals surface area contributed by atoms with Crippen molar-refractivity contribution in [1.82, 2.24) is 4.98 Å². The summed E-state index contributed by atoms with van der Waals surface area (Å²) in [4.78, 5) is 3.78. The van der Waals surface area contributed by atoms with Crippen molar-refractivity contribution in [1.29, 1.82) is 0 Å². The van der Waals surface area contributed by atoms with E-state index in [1.54, 1.807) is 12.4 Å². The van der Waals surface area contributed by atoms with Crippen LogP contribution in [0.1, 0.15) is 58.2 Å². The van der Waals surface area contributed by atoms with E-state index in [0.29, 0.717) is 11.6 Å². The molecule has 0 aliphatic rings. The number of aromatic nitrogens is 1. The molecule has 1 aromatic carbocycles. The summed E-state index contributed by atoms with van der Waals surface area (Å²) in [6, 6.07) is 9.74. The van der Waals surface area contributed by atoms with Gasteiger partial charge in [0.25, 0.3) is 0 Å². The van der Waals surface area contributed by atoms with Crippen molar-refractivity contribution in [3.63, 3.8) is 0 Å². The number of benzene rings is 1. The summed E-state index contributed by atoms with van der Waals surface area (Å²) in [5, 5.41) is 10.4. The molecule has 0 aliphatic carbocycles. The third kappa shape index (κ3) is 5.87. The third-order valence-electron chi connectivity index (χ3n) is 3.51. The van der Waals surface area contributed by atoms with E-state index in [1.165, 1.54) is 0 Å². The van der Waals surface area contributed by atoms with Crippen molar-refractivity contribution < 1.29 is 5.11 Å². The highest BCUT2D eigenvalue weighted by Crippen LogP contribution is 2.39. The van der Waals surface area contributed by atoms with Gasteiger partial charge < -0.3 is 5.11 Å². The number of aromatic hydroxyl groups is 1. The quantitative estimate of drug-likeness (QED) is 0.668. The van der Waals surface area contributed by atoms with Gasteiger partial charge in [0.2, 0.25) is 0 Å². The van der Waals surface area contributed by atoms with Crippen LogP contribution in [-0.4, -0.2) is 10.1 Å².